The lowest BCUT2D eigenvalue weighted by Gasteiger charge is -2.15. The maximum atomic E-state index is 12.7. The molecule has 3 rings (SSSR count). The Balaban J connectivity index is 1.86. The molecule has 0 fully saturated rings. The zero-order valence-electron chi connectivity index (χ0n) is 12.7. The van der Waals surface area contributed by atoms with Crippen LogP contribution in [0.15, 0.2) is 36.7 Å². The molecule has 9 heteroatoms. The predicted octanol–water partition coefficient (Wildman–Crippen LogP) is 1.14. The summed E-state index contributed by atoms with van der Waals surface area (Å²) in [6.07, 6.45) is 1.40. The first-order valence-electron chi connectivity index (χ1n) is 7.15. The second-order valence-corrected chi connectivity index (χ2v) is 5.29. The minimum absolute atomic E-state index is 0.192. The van der Waals surface area contributed by atoms with Crippen LogP contribution in [0.3, 0.4) is 0 Å². The molecule has 3 aromatic rings. The third kappa shape index (κ3) is 3.23. The summed E-state index contributed by atoms with van der Waals surface area (Å²) in [5.74, 6) is 0.807. The van der Waals surface area contributed by atoms with Gasteiger partial charge in [-0.15, -0.1) is 10.2 Å². The van der Waals surface area contributed by atoms with E-state index in [0.29, 0.717) is 5.82 Å². The third-order valence-corrected chi connectivity index (χ3v) is 3.28. The molecule has 118 valence electrons. The van der Waals surface area contributed by atoms with Gasteiger partial charge in [0.1, 0.15) is 12.2 Å². The summed E-state index contributed by atoms with van der Waals surface area (Å²) in [5.41, 5.74) is 0.761. The zero-order chi connectivity index (χ0) is 16.2. The van der Waals surface area contributed by atoms with Crippen molar-refractivity contribution in [3.8, 4) is 0 Å². The first-order valence-corrected chi connectivity index (χ1v) is 7.15. The van der Waals surface area contributed by atoms with Crippen LogP contribution in [0.5, 0.6) is 0 Å². The lowest BCUT2D eigenvalue weighted by molar-refractivity contribution is -0.118. The van der Waals surface area contributed by atoms with Gasteiger partial charge in [-0.25, -0.2) is 4.68 Å². The van der Waals surface area contributed by atoms with Crippen LogP contribution in [0.25, 0.3) is 0 Å². The van der Waals surface area contributed by atoms with Crippen LogP contribution < -0.4 is 5.32 Å². The number of nitrogens with one attached hydrogen (secondary N) is 2. The van der Waals surface area contributed by atoms with Crippen molar-refractivity contribution in [1.82, 2.24) is 35.4 Å². The molecule has 0 spiro atoms. The Morgan fingerprint density at radius 1 is 1.26 bits per heavy atom. The van der Waals surface area contributed by atoms with Gasteiger partial charge in [-0.05, 0) is 16.0 Å². The van der Waals surface area contributed by atoms with Crippen molar-refractivity contribution in [2.45, 2.75) is 25.8 Å². The van der Waals surface area contributed by atoms with Crippen LogP contribution in [-0.4, -0.2) is 41.3 Å². The number of benzene rings is 1. The molecule has 1 amide bonds. The second kappa shape index (κ2) is 6.34. The summed E-state index contributed by atoms with van der Waals surface area (Å²) in [5, 5.41) is 20.5. The average Bonchev–Trinajstić information content (AvgIpc) is 3.20. The summed E-state index contributed by atoms with van der Waals surface area (Å²) in [7, 11) is 0. The van der Waals surface area contributed by atoms with Gasteiger partial charge in [-0.2, -0.15) is 4.98 Å². The molecular weight excluding hydrogens is 296 g/mol. The molecule has 0 saturated carbocycles. The van der Waals surface area contributed by atoms with Crippen molar-refractivity contribution in [3.63, 3.8) is 0 Å². The first-order chi connectivity index (χ1) is 11.1. The van der Waals surface area contributed by atoms with Gasteiger partial charge in [0.2, 0.25) is 5.95 Å². The number of carbonyl (C=O) groups is 1. The molecule has 0 aliphatic heterocycles. The Labute approximate surface area is 132 Å². The van der Waals surface area contributed by atoms with E-state index in [9.17, 15) is 4.79 Å². The molecule has 0 aliphatic carbocycles. The molecule has 0 radical (unpaired) electrons. The maximum Gasteiger partial charge on any atom is 0.256 e. The number of anilines is 1. The van der Waals surface area contributed by atoms with Crippen LogP contribution in [0.1, 0.15) is 37.2 Å². The van der Waals surface area contributed by atoms with Gasteiger partial charge >= 0.3 is 0 Å². The van der Waals surface area contributed by atoms with Crippen molar-refractivity contribution < 1.29 is 4.79 Å². The number of rotatable bonds is 5. The van der Waals surface area contributed by atoms with Gasteiger partial charge in [0.05, 0.1) is 0 Å². The predicted molar refractivity (Wildman–Crippen MR) is 81.5 cm³/mol. The van der Waals surface area contributed by atoms with E-state index in [2.05, 4.69) is 36.0 Å². The number of H-pyrrole nitrogens is 1. The van der Waals surface area contributed by atoms with Crippen LogP contribution in [-0.2, 0) is 4.79 Å². The lowest BCUT2D eigenvalue weighted by Crippen LogP contribution is -2.28. The lowest BCUT2D eigenvalue weighted by atomic mass is 10.1. The molecule has 23 heavy (non-hydrogen) atoms. The molecule has 2 heterocycles. The number of hydrogen-bond acceptors (Lipinski definition) is 6. The van der Waals surface area contributed by atoms with Crippen LogP contribution in [0, 0.1) is 0 Å². The smallest absolute Gasteiger partial charge is 0.256 e. The highest BCUT2D eigenvalue weighted by Crippen LogP contribution is 2.19. The standard InChI is InChI=1S/C14H16N8O/c1-9(2)12-16-14(19-18-12)17-13(23)11(22-8-15-20-21-22)10-6-4-3-5-7-10/h3-9,11H,1-2H3,(H2,16,17,18,19,23)/t11-/m0/s1. The Bertz CT molecular complexity index is 765. The third-order valence-electron chi connectivity index (χ3n) is 3.28. The molecule has 0 bridgehead atoms. The van der Waals surface area contributed by atoms with E-state index in [4.69, 9.17) is 0 Å². The molecule has 0 aliphatic rings. The molecule has 9 nitrogen and oxygen atoms in total. The maximum absolute atomic E-state index is 12.7. The van der Waals surface area contributed by atoms with Crippen molar-refractivity contribution in [2.75, 3.05) is 5.32 Å². The number of tetrazole rings is 1. The van der Waals surface area contributed by atoms with E-state index in [-0.39, 0.29) is 17.8 Å². The monoisotopic (exact) mass is 312 g/mol. The van der Waals surface area contributed by atoms with E-state index < -0.39 is 6.04 Å². The van der Waals surface area contributed by atoms with Crippen LogP contribution in [0.4, 0.5) is 5.95 Å². The number of aromatic nitrogens is 7. The Kier molecular flexibility index (Phi) is 4.09. The number of hydrogen-bond donors (Lipinski definition) is 2. The number of aromatic amines is 1. The quantitative estimate of drug-likeness (QED) is 0.730. The summed E-state index contributed by atoms with van der Waals surface area (Å²) < 4.78 is 1.39. The Morgan fingerprint density at radius 2 is 2.04 bits per heavy atom. The van der Waals surface area contributed by atoms with Gasteiger partial charge in [-0.1, -0.05) is 44.2 Å². The Morgan fingerprint density at radius 3 is 2.65 bits per heavy atom. The van der Waals surface area contributed by atoms with Gasteiger partial charge in [-0.3, -0.25) is 15.2 Å². The highest BCUT2D eigenvalue weighted by atomic mass is 16.2. The molecule has 0 unspecified atom stereocenters. The molecular formula is C14H16N8O. The number of carbonyl (C=O) groups excluding carboxylic acids is 1. The average molecular weight is 312 g/mol. The minimum Gasteiger partial charge on any atom is -0.291 e. The first kappa shape index (κ1) is 14.8. The van der Waals surface area contributed by atoms with E-state index in [1.807, 2.05) is 44.2 Å². The summed E-state index contributed by atoms with van der Waals surface area (Å²) in [6, 6.07) is 8.55. The molecule has 1 aromatic carbocycles. The number of amides is 1. The molecule has 2 N–H and O–H groups in total. The van der Waals surface area contributed by atoms with Crippen molar-refractivity contribution in [1.29, 1.82) is 0 Å². The van der Waals surface area contributed by atoms with E-state index >= 15 is 0 Å². The van der Waals surface area contributed by atoms with Gasteiger partial charge < -0.3 is 0 Å². The SMILES string of the molecule is CC(C)c1nc(NC(=O)[C@H](c2ccccc2)n2cnnn2)n[nH]1. The fraction of sp³-hybridized carbons (Fsp3) is 0.286. The highest BCUT2D eigenvalue weighted by Gasteiger charge is 2.25. The largest absolute Gasteiger partial charge is 0.291 e. The van der Waals surface area contributed by atoms with E-state index in [1.54, 1.807) is 0 Å². The molecule has 2 aromatic heterocycles. The van der Waals surface area contributed by atoms with Gasteiger partial charge in [0.25, 0.3) is 5.91 Å². The molecule has 1 atom stereocenters. The van der Waals surface area contributed by atoms with Gasteiger partial charge in [0, 0.05) is 5.92 Å². The van der Waals surface area contributed by atoms with Crippen LogP contribution >= 0.6 is 0 Å². The Hall–Kier alpha value is -3.10. The fourth-order valence-corrected chi connectivity index (χ4v) is 2.11. The van der Waals surface area contributed by atoms with Gasteiger partial charge in [0.15, 0.2) is 6.04 Å². The fourth-order valence-electron chi connectivity index (χ4n) is 2.11. The second-order valence-electron chi connectivity index (χ2n) is 5.29. The van der Waals surface area contributed by atoms with Crippen LogP contribution in [0.2, 0.25) is 0 Å². The summed E-state index contributed by atoms with van der Waals surface area (Å²) >= 11 is 0. The summed E-state index contributed by atoms with van der Waals surface area (Å²) in [6.45, 7) is 3.97. The summed E-state index contributed by atoms with van der Waals surface area (Å²) in [4.78, 5) is 16.9. The van der Waals surface area contributed by atoms with Crippen molar-refractivity contribution >= 4 is 11.9 Å². The topological polar surface area (TPSA) is 114 Å². The van der Waals surface area contributed by atoms with E-state index in [1.165, 1.54) is 11.0 Å². The zero-order valence-corrected chi connectivity index (χ0v) is 12.7. The number of nitrogens with zero attached hydrogens (tertiary/aromatic N) is 6. The molecule has 0 saturated heterocycles. The normalized spacial score (nSPS) is 12.3. The minimum atomic E-state index is -0.702. The van der Waals surface area contributed by atoms with Crippen molar-refractivity contribution in [3.05, 3.63) is 48.0 Å². The van der Waals surface area contributed by atoms with E-state index in [0.717, 1.165) is 5.56 Å². The highest BCUT2D eigenvalue weighted by molar-refractivity contribution is 5.94. The van der Waals surface area contributed by atoms with Crippen molar-refractivity contribution in [2.24, 2.45) is 0 Å².